The Hall–Kier alpha value is -1.03. The van der Waals surface area contributed by atoms with Crippen molar-refractivity contribution in [3.8, 4) is 5.75 Å². The van der Waals surface area contributed by atoms with Crippen molar-refractivity contribution in [1.82, 2.24) is 15.1 Å². The Bertz CT molecular complexity index is 398. The fraction of sp³-hybridized carbons (Fsp3) is 0.800. The van der Waals surface area contributed by atoms with Crippen molar-refractivity contribution in [3.05, 3.63) is 12.4 Å². The summed E-state index contributed by atoms with van der Waals surface area (Å²) in [4.78, 5) is 0. The highest BCUT2D eigenvalue weighted by atomic mass is 16.5. The highest BCUT2D eigenvalue weighted by Gasteiger charge is 2.53. The Morgan fingerprint density at radius 2 is 2.16 bits per heavy atom. The first-order chi connectivity index (χ1) is 9.20. The average molecular weight is 265 g/mol. The molecule has 0 aliphatic heterocycles. The third kappa shape index (κ3) is 2.50. The summed E-state index contributed by atoms with van der Waals surface area (Å²) in [5.41, 5.74) is 0.279. The van der Waals surface area contributed by atoms with Crippen LogP contribution in [0.5, 0.6) is 5.75 Å². The van der Waals surface area contributed by atoms with E-state index in [0.29, 0.717) is 12.1 Å². The van der Waals surface area contributed by atoms with Gasteiger partial charge in [0, 0.05) is 24.4 Å². The van der Waals surface area contributed by atoms with E-state index in [0.717, 1.165) is 38.0 Å². The lowest BCUT2D eigenvalue weighted by atomic mass is 9.58. The van der Waals surface area contributed by atoms with Gasteiger partial charge in [-0.1, -0.05) is 20.8 Å². The Morgan fingerprint density at radius 1 is 1.42 bits per heavy atom. The maximum Gasteiger partial charge on any atom is 0.157 e. The quantitative estimate of drug-likeness (QED) is 0.824. The molecule has 0 aromatic carbocycles. The minimum Gasteiger partial charge on any atom is -0.486 e. The first-order valence-electron chi connectivity index (χ1n) is 7.56. The van der Waals surface area contributed by atoms with Crippen LogP contribution in [0.3, 0.4) is 0 Å². The Labute approximate surface area is 116 Å². The van der Waals surface area contributed by atoms with Crippen molar-refractivity contribution in [3.63, 3.8) is 0 Å². The Morgan fingerprint density at radius 3 is 2.74 bits per heavy atom. The molecular formula is C15H27N3O. The standard InChI is InChI=1S/C15H27N3O/c1-5-8-18-11-12(10-17-18)19-14-9-13(16-4)15(14,6-2)7-3/h10-11,13-14,16H,5-9H2,1-4H3. The zero-order valence-electron chi connectivity index (χ0n) is 12.6. The van der Waals surface area contributed by atoms with Crippen molar-refractivity contribution >= 4 is 0 Å². The van der Waals surface area contributed by atoms with Gasteiger partial charge < -0.3 is 10.1 Å². The third-order valence-corrected chi connectivity index (χ3v) is 4.79. The Kier molecular flexibility index (Phi) is 4.50. The second kappa shape index (κ2) is 5.95. The number of nitrogens with zero attached hydrogens (tertiary/aromatic N) is 2. The summed E-state index contributed by atoms with van der Waals surface area (Å²) < 4.78 is 8.15. The molecule has 0 saturated heterocycles. The van der Waals surface area contributed by atoms with E-state index in [1.54, 1.807) is 0 Å². The van der Waals surface area contributed by atoms with Gasteiger partial charge in [-0.3, -0.25) is 4.68 Å². The van der Waals surface area contributed by atoms with Crippen LogP contribution < -0.4 is 10.1 Å². The molecule has 1 aliphatic rings. The maximum absolute atomic E-state index is 6.18. The zero-order chi connectivity index (χ0) is 13.9. The topological polar surface area (TPSA) is 39.1 Å². The predicted octanol–water partition coefficient (Wildman–Crippen LogP) is 2.84. The van der Waals surface area contributed by atoms with Crippen molar-refractivity contribution in [2.75, 3.05) is 7.05 Å². The van der Waals surface area contributed by atoms with E-state index in [9.17, 15) is 0 Å². The van der Waals surface area contributed by atoms with Crippen LogP contribution in [0.25, 0.3) is 0 Å². The van der Waals surface area contributed by atoms with Gasteiger partial charge in [0.25, 0.3) is 0 Å². The smallest absolute Gasteiger partial charge is 0.157 e. The molecule has 1 aliphatic carbocycles. The van der Waals surface area contributed by atoms with E-state index in [1.165, 1.54) is 0 Å². The summed E-state index contributed by atoms with van der Waals surface area (Å²) in [5.74, 6) is 0.916. The van der Waals surface area contributed by atoms with E-state index in [4.69, 9.17) is 4.74 Å². The molecule has 19 heavy (non-hydrogen) atoms. The Balaban J connectivity index is 2.02. The fourth-order valence-corrected chi connectivity index (χ4v) is 3.44. The lowest BCUT2D eigenvalue weighted by Crippen LogP contribution is -2.63. The van der Waals surface area contributed by atoms with Crippen molar-refractivity contribution in [2.45, 2.75) is 65.1 Å². The SMILES string of the molecule is CCCn1cc(OC2CC(NC)C2(CC)CC)cn1. The van der Waals surface area contributed by atoms with E-state index in [2.05, 4.69) is 38.2 Å². The number of hydrogen-bond acceptors (Lipinski definition) is 3. The van der Waals surface area contributed by atoms with Gasteiger partial charge in [-0.05, 0) is 26.3 Å². The summed E-state index contributed by atoms with van der Waals surface area (Å²) in [6.45, 7) is 7.65. The molecule has 1 aromatic heterocycles. The van der Waals surface area contributed by atoms with E-state index < -0.39 is 0 Å². The van der Waals surface area contributed by atoms with Crippen molar-refractivity contribution < 1.29 is 4.74 Å². The molecule has 0 radical (unpaired) electrons. The molecule has 4 nitrogen and oxygen atoms in total. The molecule has 1 heterocycles. The monoisotopic (exact) mass is 265 g/mol. The second-order valence-electron chi connectivity index (χ2n) is 5.56. The van der Waals surface area contributed by atoms with Crippen LogP contribution in [0.1, 0.15) is 46.5 Å². The lowest BCUT2D eigenvalue weighted by Gasteiger charge is -2.54. The van der Waals surface area contributed by atoms with Crippen LogP contribution in [0, 0.1) is 5.41 Å². The summed E-state index contributed by atoms with van der Waals surface area (Å²) >= 11 is 0. The van der Waals surface area contributed by atoms with Crippen LogP contribution in [0.2, 0.25) is 0 Å². The molecule has 108 valence electrons. The number of aromatic nitrogens is 2. The minimum atomic E-state index is 0.279. The predicted molar refractivity (Wildman–Crippen MR) is 77.4 cm³/mol. The number of nitrogens with one attached hydrogen (secondary N) is 1. The first kappa shape index (κ1) is 14.4. The largest absolute Gasteiger partial charge is 0.486 e. The zero-order valence-corrected chi connectivity index (χ0v) is 12.6. The van der Waals surface area contributed by atoms with Crippen LogP contribution in [-0.4, -0.2) is 29.0 Å². The normalized spacial score (nSPS) is 25.1. The van der Waals surface area contributed by atoms with Crippen LogP contribution >= 0.6 is 0 Å². The van der Waals surface area contributed by atoms with Gasteiger partial charge in [-0.15, -0.1) is 0 Å². The van der Waals surface area contributed by atoms with Crippen LogP contribution in [-0.2, 0) is 6.54 Å². The molecule has 0 spiro atoms. The highest BCUT2D eigenvalue weighted by molar-refractivity contribution is 5.16. The minimum absolute atomic E-state index is 0.279. The van der Waals surface area contributed by atoms with Gasteiger partial charge >= 0.3 is 0 Å². The second-order valence-corrected chi connectivity index (χ2v) is 5.56. The third-order valence-electron chi connectivity index (χ3n) is 4.79. The molecule has 1 aromatic rings. The average Bonchev–Trinajstić information content (AvgIpc) is 2.84. The van der Waals surface area contributed by atoms with Crippen LogP contribution in [0.4, 0.5) is 0 Å². The molecule has 2 rings (SSSR count). The molecule has 2 atom stereocenters. The number of rotatable bonds is 7. The van der Waals surface area contributed by atoms with Gasteiger partial charge in [-0.2, -0.15) is 5.10 Å². The van der Waals surface area contributed by atoms with Gasteiger partial charge in [0.2, 0.25) is 0 Å². The summed E-state index contributed by atoms with van der Waals surface area (Å²) in [6, 6.07) is 0.582. The van der Waals surface area contributed by atoms with Crippen LogP contribution in [0.15, 0.2) is 12.4 Å². The molecular weight excluding hydrogens is 238 g/mol. The number of ether oxygens (including phenoxy) is 1. The first-order valence-corrected chi connectivity index (χ1v) is 7.56. The van der Waals surface area contributed by atoms with Crippen molar-refractivity contribution in [2.24, 2.45) is 5.41 Å². The van der Waals surface area contributed by atoms with Gasteiger partial charge in [0.15, 0.2) is 5.75 Å². The number of aryl methyl sites for hydroxylation is 1. The number of hydrogen-bond donors (Lipinski definition) is 1. The van der Waals surface area contributed by atoms with Gasteiger partial charge in [-0.25, -0.2) is 0 Å². The molecule has 0 bridgehead atoms. The molecule has 1 saturated carbocycles. The van der Waals surface area contributed by atoms with Gasteiger partial charge in [0.1, 0.15) is 6.10 Å². The van der Waals surface area contributed by atoms with Crippen molar-refractivity contribution in [1.29, 1.82) is 0 Å². The van der Waals surface area contributed by atoms with Gasteiger partial charge in [0.05, 0.1) is 12.4 Å². The summed E-state index contributed by atoms with van der Waals surface area (Å²) in [6.07, 6.45) is 8.69. The van der Waals surface area contributed by atoms with E-state index in [1.807, 2.05) is 17.1 Å². The molecule has 1 N–H and O–H groups in total. The lowest BCUT2D eigenvalue weighted by molar-refractivity contribution is -0.0836. The molecule has 2 unspecified atom stereocenters. The molecule has 0 amide bonds. The van der Waals surface area contributed by atoms with E-state index in [-0.39, 0.29) is 5.41 Å². The summed E-state index contributed by atoms with van der Waals surface area (Å²) in [7, 11) is 2.06. The fourth-order valence-electron chi connectivity index (χ4n) is 3.44. The maximum atomic E-state index is 6.18. The summed E-state index contributed by atoms with van der Waals surface area (Å²) in [5, 5.41) is 7.77. The highest BCUT2D eigenvalue weighted by Crippen LogP contribution is 2.48. The van der Waals surface area contributed by atoms with E-state index >= 15 is 0 Å². The molecule has 4 heteroatoms. The molecule has 1 fully saturated rings.